The van der Waals surface area contributed by atoms with Crippen LogP contribution in [0.4, 0.5) is 0 Å². The number of hydrogen-bond acceptors (Lipinski definition) is 5. The number of hydrazone groups is 1. The van der Waals surface area contributed by atoms with Crippen LogP contribution in [0.3, 0.4) is 0 Å². The maximum Gasteiger partial charge on any atom is 0.335 e. The number of imide groups is 1. The van der Waals surface area contributed by atoms with Crippen molar-refractivity contribution >= 4 is 24.0 Å². The van der Waals surface area contributed by atoms with E-state index >= 15 is 0 Å². The number of carboxylic acid groups (broad SMARTS) is 1. The van der Waals surface area contributed by atoms with Gasteiger partial charge in [0.1, 0.15) is 11.5 Å². The number of benzene rings is 1. The van der Waals surface area contributed by atoms with Crippen molar-refractivity contribution in [3.8, 4) is 11.3 Å². The van der Waals surface area contributed by atoms with E-state index in [1.807, 2.05) is 0 Å². The largest absolute Gasteiger partial charge is 0.478 e. The molecule has 2 heterocycles. The molecular weight excluding hydrogens is 384 g/mol. The summed E-state index contributed by atoms with van der Waals surface area (Å²) in [7, 11) is 0. The molecule has 3 fully saturated rings. The average molecular weight is 402 g/mol. The maximum absolute atomic E-state index is 12.9. The number of rotatable bonds is 4. The van der Waals surface area contributed by atoms with Crippen LogP contribution in [0.2, 0.25) is 0 Å². The Kier molecular flexibility index (Phi) is 3.35. The van der Waals surface area contributed by atoms with Crippen molar-refractivity contribution in [3.63, 3.8) is 0 Å². The summed E-state index contributed by atoms with van der Waals surface area (Å²) in [4.78, 5) is 37.0. The zero-order valence-corrected chi connectivity index (χ0v) is 15.9. The molecule has 1 saturated heterocycles. The molecule has 0 unspecified atom stereocenters. The highest BCUT2D eigenvalue weighted by atomic mass is 16.4. The lowest BCUT2D eigenvalue weighted by atomic mass is 9.85. The van der Waals surface area contributed by atoms with Gasteiger partial charge in [0.15, 0.2) is 0 Å². The minimum absolute atomic E-state index is 0.163. The molecule has 1 aromatic heterocycles. The molecule has 7 heteroatoms. The van der Waals surface area contributed by atoms with Gasteiger partial charge in [0.2, 0.25) is 0 Å². The Morgan fingerprint density at radius 3 is 2.43 bits per heavy atom. The van der Waals surface area contributed by atoms with Crippen LogP contribution in [-0.4, -0.2) is 34.1 Å². The van der Waals surface area contributed by atoms with E-state index in [9.17, 15) is 14.4 Å². The summed E-state index contributed by atoms with van der Waals surface area (Å²) in [6, 6.07) is 9.79. The minimum atomic E-state index is -1.02. The molecule has 3 aliphatic carbocycles. The number of fused-ring (bicyclic) bond motifs is 3. The first-order valence-corrected chi connectivity index (χ1v) is 10.0. The van der Waals surface area contributed by atoms with Gasteiger partial charge in [0.25, 0.3) is 11.8 Å². The van der Waals surface area contributed by atoms with Gasteiger partial charge in [-0.15, -0.1) is 0 Å². The van der Waals surface area contributed by atoms with Crippen LogP contribution in [0.5, 0.6) is 0 Å². The quantitative estimate of drug-likeness (QED) is 0.481. The van der Waals surface area contributed by atoms with Gasteiger partial charge in [0, 0.05) is 5.56 Å². The van der Waals surface area contributed by atoms with E-state index in [-0.39, 0.29) is 46.5 Å². The molecule has 6 rings (SSSR count). The summed E-state index contributed by atoms with van der Waals surface area (Å²) < 4.78 is 5.72. The predicted molar refractivity (Wildman–Crippen MR) is 105 cm³/mol. The fourth-order valence-electron chi connectivity index (χ4n) is 5.67. The van der Waals surface area contributed by atoms with Crippen LogP contribution in [0.25, 0.3) is 11.3 Å². The molecule has 1 N–H and O–H groups in total. The van der Waals surface area contributed by atoms with E-state index in [1.165, 1.54) is 18.3 Å². The van der Waals surface area contributed by atoms with Crippen LogP contribution in [0.15, 0.2) is 58.1 Å². The van der Waals surface area contributed by atoms with Gasteiger partial charge in [-0.2, -0.15) is 10.1 Å². The fraction of sp³-hybridized carbons (Fsp3) is 0.304. The zero-order chi connectivity index (χ0) is 20.6. The topological polar surface area (TPSA) is 100 Å². The van der Waals surface area contributed by atoms with Crippen molar-refractivity contribution in [1.82, 2.24) is 5.01 Å². The van der Waals surface area contributed by atoms with Crippen molar-refractivity contribution in [3.05, 3.63) is 59.9 Å². The van der Waals surface area contributed by atoms with E-state index in [1.54, 1.807) is 24.3 Å². The number of nitrogens with zero attached hydrogens (tertiary/aromatic N) is 2. The average Bonchev–Trinajstić information content (AvgIpc) is 3.03. The van der Waals surface area contributed by atoms with Crippen LogP contribution in [0, 0.1) is 29.1 Å². The summed E-state index contributed by atoms with van der Waals surface area (Å²) >= 11 is 0. The molecule has 2 saturated carbocycles. The maximum atomic E-state index is 12.9. The highest BCUT2D eigenvalue weighted by Gasteiger charge is 2.73. The van der Waals surface area contributed by atoms with E-state index < -0.39 is 5.97 Å². The van der Waals surface area contributed by atoms with Crippen molar-refractivity contribution in [2.45, 2.75) is 12.8 Å². The molecular formula is C23H18N2O5. The monoisotopic (exact) mass is 402 g/mol. The highest BCUT2D eigenvalue weighted by molar-refractivity contribution is 6.07. The summed E-state index contributed by atoms with van der Waals surface area (Å²) in [6.07, 6.45) is 7.82. The van der Waals surface area contributed by atoms with E-state index in [0.717, 1.165) is 17.9 Å². The van der Waals surface area contributed by atoms with Gasteiger partial charge in [0.05, 0.1) is 23.6 Å². The number of furan rings is 1. The molecule has 1 spiro atoms. The van der Waals surface area contributed by atoms with Gasteiger partial charge < -0.3 is 9.52 Å². The van der Waals surface area contributed by atoms with E-state index in [0.29, 0.717) is 17.1 Å². The smallest absolute Gasteiger partial charge is 0.335 e. The number of allylic oxidation sites excluding steroid dienone is 2. The molecule has 2 aromatic rings. The SMILES string of the molecule is O=C(O)c1cccc(-c2ccc(/C=N\N3C(=O)[C@@H]4[C@H](C3=O)[C@H]3C=C[C@H]4C34CC4)o2)c1. The van der Waals surface area contributed by atoms with Crippen LogP contribution in [0.1, 0.15) is 29.0 Å². The van der Waals surface area contributed by atoms with Crippen LogP contribution < -0.4 is 0 Å². The van der Waals surface area contributed by atoms with Gasteiger partial charge in [-0.3, -0.25) is 9.59 Å². The van der Waals surface area contributed by atoms with Crippen LogP contribution in [-0.2, 0) is 9.59 Å². The van der Waals surface area contributed by atoms with Gasteiger partial charge in [-0.25, -0.2) is 4.79 Å². The van der Waals surface area contributed by atoms with Crippen molar-refractivity contribution in [2.75, 3.05) is 0 Å². The van der Waals surface area contributed by atoms with Crippen molar-refractivity contribution in [1.29, 1.82) is 0 Å². The first-order chi connectivity index (χ1) is 14.5. The Labute approximate surface area is 171 Å². The number of hydrogen-bond donors (Lipinski definition) is 1. The molecule has 2 bridgehead atoms. The molecule has 7 nitrogen and oxygen atoms in total. The second-order valence-corrected chi connectivity index (χ2v) is 8.54. The van der Waals surface area contributed by atoms with Crippen molar-refractivity contribution < 1.29 is 23.9 Å². The second kappa shape index (κ2) is 5.78. The number of carbonyl (C=O) groups excluding carboxylic acids is 2. The lowest BCUT2D eigenvalue weighted by molar-refractivity contribution is -0.141. The van der Waals surface area contributed by atoms with Gasteiger partial charge in [-0.1, -0.05) is 24.3 Å². The number of aromatic carboxylic acids is 1. The number of amides is 2. The lowest BCUT2D eigenvalue weighted by Gasteiger charge is -2.18. The van der Waals surface area contributed by atoms with E-state index in [4.69, 9.17) is 9.52 Å². The van der Waals surface area contributed by atoms with Crippen molar-refractivity contribution in [2.24, 2.45) is 34.2 Å². The molecule has 1 aromatic carbocycles. The van der Waals surface area contributed by atoms with Crippen LogP contribution >= 0.6 is 0 Å². The molecule has 1 aliphatic heterocycles. The number of carbonyl (C=O) groups is 3. The third-order valence-electron chi connectivity index (χ3n) is 7.15. The lowest BCUT2D eigenvalue weighted by Crippen LogP contribution is -2.30. The van der Waals surface area contributed by atoms with Gasteiger partial charge >= 0.3 is 5.97 Å². The summed E-state index contributed by atoms with van der Waals surface area (Å²) in [5.74, 6) is -0.816. The summed E-state index contributed by atoms with van der Waals surface area (Å²) in [6.45, 7) is 0. The molecule has 150 valence electrons. The number of carboxylic acids is 1. The third kappa shape index (κ3) is 2.20. The zero-order valence-electron chi connectivity index (χ0n) is 15.9. The third-order valence-corrected chi connectivity index (χ3v) is 7.15. The first-order valence-electron chi connectivity index (χ1n) is 10.0. The molecule has 4 aliphatic rings. The highest BCUT2D eigenvalue weighted by Crippen LogP contribution is 2.73. The standard InChI is InChI=1S/C23H18N2O5/c26-20-18-15-5-6-16(23(15)8-9-23)19(18)21(27)25(20)24-11-14-4-7-17(30-14)12-2-1-3-13(10-12)22(28)29/h1-7,10-11,15-16,18-19H,8-9H2,(H,28,29)/b24-11-/t15-,16-,18-,19+/m1/s1. The fourth-order valence-corrected chi connectivity index (χ4v) is 5.67. The Morgan fingerprint density at radius 2 is 1.80 bits per heavy atom. The molecule has 0 radical (unpaired) electrons. The first kappa shape index (κ1) is 17.4. The van der Waals surface area contributed by atoms with Gasteiger partial charge in [-0.05, 0) is 54.4 Å². The normalized spacial score (nSPS) is 30.1. The summed E-state index contributed by atoms with van der Waals surface area (Å²) in [5.41, 5.74) is 0.946. The molecule has 30 heavy (non-hydrogen) atoms. The molecule has 4 atom stereocenters. The Morgan fingerprint density at radius 1 is 1.10 bits per heavy atom. The summed E-state index contributed by atoms with van der Waals surface area (Å²) in [5, 5.41) is 14.3. The Bertz CT molecular complexity index is 1140. The Balaban J connectivity index is 1.23. The second-order valence-electron chi connectivity index (χ2n) is 8.54. The predicted octanol–water partition coefficient (Wildman–Crippen LogP) is 3.18. The Hall–Kier alpha value is -3.48. The van der Waals surface area contributed by atoms with E-state index in [2.05, 4.69) is 17.3 Å². The minimum Gasteiger partial charge on any atom is -0.478 e. The molecule has 2 amide bonds.